The number of nitrogens with zero attached hydrogens (tertiary/aromatic N) is 2. The van der Waals surface area contributed by atoms with E-state index in [1.807, 2.05) is 58.3 Å². The molecule has 2 N–H and O–H groups in total. The third-order valence-corrected chi connectivity index (χ3v) is 7.14. The lowest BCUT2D eigenvalue weighted by atomic mass is 9.93. The second kappa shape index (κ2) is 14.1. The van der Waals surface area contributed by atoms with Gasteiger partial charge in [-0.2, -0.15) is 0 Å². The predicted molar refractivity (Wildman–Crippen MR) is 177 cm³/mol. The van der Waals surface area contributed by atoms with E-state index < -0.39 is 5.92 Å². The van der Waals surface area contributed by atoms with Crippen LogP contribution in [0.2, 0.25) is 0 Å². The molecule has 0 saturated heterocycles. The normalized spacial score (nSPS) is 11.7. The maximum absolute atomic E-state index is 14.1. The molecular formula is C36H42F2N4O. The molecule has 0 aliphatic rings. The number of amides is 1. The van der Waals surface area contributed by atoms with E-state index in [-0.39, 0.29) is 11.5 Å². The van der Waals surface area contributed by atoms with Crippen LogP contribution in [0.3, 0.4) is 0 Å². The van der Waals surface area contributed by atoms with E-state index >= 15 is 0 Å². The number of H-pyrrole nitrogens is 1. The Hall–Kier alpha value is -4.52. The Labute approximate surface area is 254 Å². The van der Waals surface area contributed by atoms with E-state index in [4.69, 9.17) is 0 Å². The number of rotatable bonds is 9. The van der Waals surface area contributed by atoms with Crippen molar-refractivity contribution in [3.05, 3.63) is 120 Å². The predicted octanol–water partition coefficient (Wildman–Crippen LogP) is 10.3. The summed E-state index contributed by atoms with van der Waals surface area (Å²) in [4.78, 5) is 21.8. The molecular weight excluding hydrogens is 542 g/mol. The number of aromatic nitrogens is 2. The first-order valence-electron chi connectivity index (χ1n) is 14.3. The summed E-state index contributed by atoms with van der Waals surface area (Å²) >= 11 is 0. The first kappa shape index (κ1) is 33.0. The van der Waals surface area contributed by atoms with Gasteiger partial charge in [-0.05, 0) is 105 Å². The number of benzene rings is 2. The molecule has 5 nitrogen and oxygen atoms in total. The molecule has 4 rings (SSSR count). The van der Waals surface area contributed by atoms with E-state index in [0.717, 1.165) is 46.7 Å². The molecule has 2 aromatic carbocycles. The lowest BCUT2D eigenvalue weighted by Crippen LogP contribution is -2.16. The molecule has 7 heteroatoms. The van der Waals surface area contributed by atoms with Crippen molar-refractivity contribution in [3.8, 4) is 0 Å². The summed E-state index contributed by atoms with van der Waals surface area (Å²) in [5.74, 6) is -2.99. The van der Waals surface area contributed by atoms with Crippen molar-refractivity contribution in [2.45, 2.75) is 66.7 Å². The Morgan fingerprint density at radius 1 is 1.12 bits per heavy atom. The largest absolute Gasteiger partial charge is 0.346 e. The van der Waals surface area contributed by atoms with Crippen LogP contribution in [-0.2, 0) is 5.92 Å². The van der Waals surface area contributed by atoms with Crippen LogP contribution >= 0.6 is 0 Å². The van der Waals surface area contributed by atoms with Gasteiger partial charge in [0.25, 0.3) is 11.8 Å². The number of nitrogens with one attached hydrogen (secondary N) is 2. The summed E-state index contributed by atoms with van der Waals surface area (Å²) < 4.78 is 28.3. The van der Waals surface area contributed by atoms with Crippen molar-refractivity contribution in [3.63, 3.8) is 0 Å². The number of aromatic amines is 1. The minimum Gasteiger partial charge on any atom is -0.346 e. The highest BCUT2D eigenvalue weighted by Gasteiger charge is 2.26. The first-order chi connectivity index (χ1) is 20.2. The number of pyridine rings is 1. The van der Waals surface area contributed by atoms with Gasteiger partial charge in [0.05, 0.1) is 0 Å². The minimum absolute atomic E-state index is 0.183. The third-order valence-electron chi connectivity index (χ3n) is 7.14. The van der Waals surface area contributed by atoms with E-state index in [9.17, 15) is 13.6 Å². The van der Waals surface area contributed by atoms with Gasteiger partial charge in [0.15, 0.2) is 0 Å². The van der Waals surface area contributed by atoms with Crippen LogP contribution in [0.5, 0.6) is 0 Å². The average molecular weight is 585 g/mol. The Kier molecular flexibility index (Phi) is 10.8. The van der Waals surface area contributed by atoms with Crippen LogP contribution in [0.1, 0.15) is 86.5 Å². The van der Waals surface area contributed by atoms with Gasteiger partial charge in [0.2, 0.25) is 0 Å². The number of hydrogen-bond acceptors (Lipinski definition) is 3. The van der Waals surface area contributed by atoms with Crippen LogP contribution in [0.4, 0.5) is 20.2 Å². The van der Waals surface area contributed by atoms with Crippen molar-refractivity contribution in [2.75, 3.05) is 10.2 Å². The smallest absolute Gasteiger partial charge is 0.270 e. The summed E-state index contributed by atoms with van der Waals surface area (Å²) in [7, 11) is 0. The molecule has 0 saturated carbocycles. The summed E-state index contributed by atoms with van der Waals surface area (Å²) in [6, 6.07) is 14.1. The zero-order valence-corrected chi connectivity index (χ0v) is 26.2. The summed E-state index contributed by atoms with van der Waals surface area (Å²) in [5, 5.41) is 3.91. The second-order valence-electron chi connectivity index (χ2n) is 11.2. The Balaban J connectivity index is 0.000000347. The lowest BCUT2D eigenvalue weighted by Gasteiger charge is -2.21. The maximum atomic E-state index is 14.1. The Morgan fingerprint density at radius 3 is 2.42 bits per heavy atom. The zero-order valence-electron chi connectivity index (χ0n) is 26.2. The topological polar surface area (TPSA) is 61.0 Å². The van der Waals surface area contributed by atoms with E-state index in [1.165, 1.54) is 17.7 Å². The van der Waals surface area contributed by atoms with Crippen molar-refractivity contribution >= 4 is 33.9 Å². The fourth-order valence-electron chi connectivity index (χ4n) is 4.56. The van der Waals surface area contributed by atoms with Gasteiger partial charge in [-0.25, -0.2) is 13.8 Å². The summed E-state index contributed by atoms with van der Waals surface area (Å²) in [6.45, 7) is 20.5. The molecule has 226 valence electrons. The molecule has 1 unspecified atom stereocenters. The second-order valence-corrected chi connectivity index (χ2v) is 11.2. The van der Waals surface area contributed by atoms with Gasteiger partial charge in [-0.1, -0.05) is 38.6 Å². The summed E-state index contributed by atoms with van der Waals surface area (Å²) in [6.07, 6.45) is 8.07. The maximum Gasteiger partial charge on any atom is 0.270 e. The van der Waals surface area contributed by atoms with Gasteiger partial charge in [-0.3, -0.25) is 4.79 Å². The first-order valence-corrected chi connectivity index (χ1v) is 14.3. The van der Waals surface area contributed by atoms with Gasteiger partial charge >= 0.3 is 0 Å². The molecule has 2 aromatic heterocycles. The molecule has 0 bridgehead atoms. The molecule has 4 aromatic rings. The average Bonchev–Trinajstić information content (AvgIpc) is 3.43. The number of carbonyl (C=O) groups excluding carboxylic acids is 1. The zero-order chi connectivity index (χ0) is 31.9. The monoisotopic (exact) mass is 584 g/mol. The highest BCUT2D eigenvalue weighted by molar-refractivity contribution is 6.04. The fourth-order valence-corrected chi connectivity index (χ4v) is 4.56. The minimum atomic E-state index is -3.05. The molecule has 2 heterocycles. The molecule has 1 amide bonds. The molecule has 0 radical (unpaired) electrons. The number of carbonyl (C=O) groups is 1. The number of halogens is 2. The number of hydrogen-bond donors (Lipinski definition) is 2. The Morgan fingerprint density at radius 2 is 1.84 bits per heavy atom. The van der Waals surface area contributed by atoms with Gasteiger partial charge < -0.3 is 15.2 Å². The standard InChI is InChI=1S/C26H32F2N2O.C10H10N2/c1-8-18(5)24-11-10-20(12-19(24)6)25(31)29-22-13-21(26(7,27)28)14-23(15-22)30(9-2)16-17(3)4;1-7(2)9-5-8-3-4-11-10(8)12-6-9/h9-16,18H,2,8H2,1,3-7H3,(H,29,31);3-6H,1H2,2H3,(H,11,12). The molecule has 43 heavy (non-hydrogen) atoms. The van der Waals surface area contributed by atoms with Gasteiger partial charge in [0.1, 0.15) is 5.65 Å². The van der Waals surface area contributed by atoms with Crippen molar-refractivity contribution in [1.29, 1.82) is 0 Å². The molecule has 1 atom stereocenters. The van der Waals surface area contributed by atoms with Crippen LogP contribution in [0.15, 0.2) is 92.1 Å². The molecule has 0 aliphatic carbocycles. The fraction of sp³-hybridized carbons (Fsp3) is 0.278. The number of alkyl halides is 2. The van der Waals surface area contributed by atoms with Crippen LogP contribution in [0, 0.1) is 6.92 Å². The van der Waals surface area contributed by atoms with Crippen LogP contribution < -0.4 is 10.2 Å². The van der Waals surface area contributed by atoms with Crippen LogP contribution in [-0.4, -0.2) is 15.9 Å². The molecule has 0 aliphatic heterocycles. The lowest BCUT2D eigenvalue weighted by molar-refractivity contribution is 0.0175. The third kappa shape index (κ3) is 8.74. The number of anilines is 2. The van der Waals surface area contributed by atoms with E-state index in [0.29, 0.717) is 22.9 Å². The van der Waals surface area contributed by atoms with Crippen molar-refractivity contribution in [2.24, 2.45) is 0 Å². The summed E-state index contributed by atoms with van der Waals surface area (Å²) in [5.41, 5.74) is 7.41. The molecule has 0 spiro atoms. The van der Waals surface area contributed by atoms with Crippen molar-refractivity contribution in [1.82, 2.24) is 9.97 Å². The van der Waals surface area contributed by atoms with Crippen LogP contribution in [0.25, 0.3) is 16.6 Å². The quantitative estimate of drug-likeness (QED) is 0.206. The van der Waals surface area contributed by atoms with Gasteiger partial charge in [-0.15, -0.1) is 0 Å². The SMILES string of the molecule is C=C(C)c1cnc2[nH]ccc2c1.C=CN(C=C(C)C)c1cc(NC(=O)c2ccc(C(C)CC)c(C)c2)cc(C(C)(F)F)c1. The number of allylic oxidation sites excluding steroid dienone is 2. The highest BCUT2D eigenvalue weighted by Crippen LogP contribution is 2.34. The highest BCUT2D eigenvalue weighted by atomic mass is 19.3. The number of fused-ring (bicyclic) bond motifs is 1. The van der Waals surface area contributed by atoms with Gasteiger partial charge in [0, 0.05) is 59.6 Å². The molecule has 0 fully saturated rings. The Bertz CT molecular complexity index is 1640. The van der Waals surface area contributed by atoms with E-state index in [2.05, 4.69) is 48.4 Å². The number of aryl methyl sites for hydroxylation is 1. The van der Waals surface area contributed by atoms with Crippen molar-refractivity contribution < 1.29 is 13.6 Å². The van der Waals surface area contributed by atoms with E-state index in [1.54, 1.807) is 29.4 Å².